The number of hydrogen-bond acceptors (Lipinski definition) is 3. The number of para-hydroxylation sites is 2. The molecule has 8 rings (SSSR count). The zero-order chi connectivity index (χ0) is 26.5. The normalized spacial score (nSPS) is 11.5. The molecule has 0 amide bonds. The number of rotatable bonds is 4. The Morgan fingerprint density at radius 2 is 0.975 bits per heavy atom. The molecule has 0 fully saturated rings. The van der Waals surface area contributed by atoms with Crippen LogP contribution in [0, 0.1) is 0 Å². The van der Waals surface area contributed by atoms with Gasteiger partial charge in [0.1, 0.15) is 4.83 Å². The fourth-order valence-electron chi connectivity index (χ4n) is 5.66. The number of hydrogen-bond donors (Lipinski definition) is 0. The van der Waals surface area contributed by atoms with Gasteiger partial charge >= 0.3 is 0 Å². The summed E-state index contributed by atoms with van der Waals surface area (Å²) in [6.45, 7) is 0. The van der Waals surface area contributed by atoms with Crippen LogP contribution >= 0.6 is 11.3 Å². The van der Waals surface area contributed by atoms with Crippen molar-refractivity contribution < 1.29 is 0 Å². The maximum absolute atomic E-state index is 5.31. The Kier molecular flexibility index (Phi) is 5.32. The van der Waals surface area contributed by atoms with E-state index >= 15 is 0 Å². The van der Waals surface area contributed by atoms with Gasteiger partial charge in [-0.25, -0.2) is 9.97 Å². The third-order valence-corrected chi connectivity index (χ3v) is 8.32. The lowest BCUT2D eigenvalue weighted by Crippen LogP contribution is -2.02. The molecule has 0 N–H and O–H groups in total. The minimum Gasteiger partial charge on any atom is -0.278 e. The molecule has 8 aromatic rings. The van der Waals surface area contributed by atoms with Crippen LogP contribution in [0.4, 0.5) is 0 Å². The van der Waals surface area contributed by atoms with E-state index in [4.69, 9.17) is 9.97 Å². The third-order valence-electron chi connectivity index (χ3n) is 7.51. The predicted molar refractivity (Wildman–Crippen MR) is 168 cm³/mol. The van der Waals surface area contributed by atoms with Crippen LogP contribution in [0.3, 0.4) is 0 Å². The summed E-state index contributed by atoms with van der Waals surface area (Å²) >= 11 is 1.66. The van der Waals surface area contributed by atoms with Crippen LogP contribution in [-0.2, 0) is 0 Å². The van der Waals surface area contributed by atoms with Crippen molar-refractivity contribution in [3.8, 4) is 39.5 Å². The zero-order valence-electron chi connectivity index (χ0n) is 21.5. The fourth-order valence-corrected chi connectivity index (χ4v) is 6.42. The number of fused-ring (bicyclic) bond motifs is 4. The molecule has 0 aliphatic carbocycles. The highest BCUT2D eigenvalue weighted by Gasteiger charge is 2.18. The Hall–Kier alpha value is -5.06. The molecule has 0 saturated carbocycles. The van der Waals surface area contributed by atoms with E-state index in [0.29, 0.717) is 5.95 Å². The molecule has 3 nitrogen and oxygen atoms in total. The fraction of sp³-hybridized carbons (Fsp3) is 0. The average molecular weight is 530 g/mol. The van der Waals surface area contributed by atoms with Gasteiger partial charge in [-0.15, -0.1) is 11.3 Å². The molecular formula is C36H23N3S. The summed E-state index contributed by atoms with van der Waals surface area (Å²) in [5, 5.41) is 5.58. The summed E-state index contributed by atoms with van der Waals surface area (Å²) in [5.74, 6) is 0.689. The first kappa shape index (κ1) is 22.9. The van der Waals surface area contributed by atoms with E-state index < -0.39 is 0 Å². The lowest BCUT2D eigenvalue weighted by Gasteiger charge is -2.13. The molecule has 4 heteroatoms. The molecule has 3 aromatic heterocycles. The summed E-state index contributed by atoms with van der Waals surface area (Å²) in [6.07, 6.45) is 0. The van der Waals surface area contributed by atoms with Crippen LogP contribution in [0.15, 0.2) is 139 Å². The molecule has 188 valence electrons. The maximum atomic E-state index is 5.31. The molecule has 0 unspecified atom stereocenters. The van der Waals surface area contributed by atoms with Crippen molar-refractivity contribution in [3.63, 3.8) is 0 Å². The van der Waals surface area contributed by atoms with Crippen LogP contribution in [0.25, 0.3) is 71.5 Å². The van der Waals surface area contributed by atoms with E-state index in [1.807, 2.05) is 0 Å². The van der Waals surface area contributed by atoms with Gasteiger partial charge in [-0.1, -0.05) is 97.1 Å². The lowest BCUT2D eigenvalue weighted by atomic mass is 9.94. The van der Waals surface area contributed by atoms with Crippen molar-refractivity contribution in [2.24, 2.45) is 0 Å². The first-order valence-electron chi connectivity index (χ1n) is 13.3. The van der Waals surface area contributed by atoms with E-state index in [0.717, 1.165) is 43.6 Å². The Morgan fingerprint density at radius 1 is 0.450 bits per heavy atom. The highest BCUT2D eigenvalue weighted by Crippen LogP contribution is 2.38. The van der Waals surface area contributed by atoms with Crippen molar-refractivity contribution in [3.05, 3.63) is 139 Å². The molecule has 40 heavy (non-hydrogen) atoms. The Morgan fingerprint density at radius 3 is 1.57 bits per heavy atom. The molecule has 0 aliphatic rings. The largest absolute Gasteiger partial charge is 0.278 e. The molecule has 0 radical (unpaired) electrons. The van der Waals surface area contributed by atoms with Gasteiger partial charge in [0.15, 0.2) is 0 Å². The summed E-state index contributed by atoms with van der Waals surface area (Å²) < 4.78 is 2.20. The van der Waals surface area contributed by atoms with Crippen LogP contribution in [0.5, 0.6) is 0 Å². The van der Waals surface area contributed by atoms with Gasteiger partial charge in [-0.05, 0) is 64.0 Å². The molecule has 0 aliphatic heterocycles. The highest BCUT2D eigenvalue weighted by atomic mass is 32.1. The first-order chi connectivity index (χ1) is 19.8. The van der Waals surface area contributed by atoms with Gasteiger partial charge in [0.25, 0.3) is 0 Å². The second-order valence-corrected chi connectivity index (χ2v) is 10.8. The molecule has 0 bridgehead atoms. The van der Waals surface area contributed by atoms with E-state index in [-0.39, 0.29) is 0 Å². The number of benzene rings is 5. The predicted octanol–water partition coefficient (Wildman–Crippen LogP) is 9.79. The standard InChI is InChI=1S/C36H23N3S/c1-3-11-24(12-4-1)26-21-27(25-13-5-2-6-14-25)23-28(22-26)34-31-19-20-40-35(31)38-36(37-34)39-32-17-9-7-15-29(32)30-16-8-10-18-33(30)39/h1-23H. The minimum absolute atomic E-state index is 0.689. The second kappa shape index (κ2) is 9.30. The quantitative estimate of drug-likeness (QED) is 0.227. The van der Waals surface area contributed by atoms with E-state index in [9.17, 15) is 0 Å². The summed E-state index contributed by atoms with van der Waals surface area (Å²) in [5.41, 5.74) is 8.92. The van der Waals surface area contributed by atoms with E-state index in [1.165, 1.54) is 21.9 Å². The smallest absolute Gasteiger partial charge is 0.236 e. The Labute approximate surface area is 235 Å². The van der Waals surface area contributed by atoms with Gasteiger partial charge in [0.05, 0.1) is 16.7 Å². The van der Waals surface area contributed by atoms with E-state index in [2.05, 4.69) is 143 Å². The Bertz CT molecular complexity index is 2050. The number of nitrogens with zero attached hydrogens (tertiary/aromatic N) is 3. The number of thiophene rings is 1. The zero-order valence-corrected chi connectivity index (χ0v) is 22.3. The summed E-state index contributed by atoms with van der Waals surface area (Å²) in [6, 6.07) is 47.1. The van der Waals surface area contributed by atoms with Crippen molar-refractivity contribution in [2.45, 2.75) is 0 Å². The molecular weight excluding hydrogens is 506 g/mol. The van der Waals surface area contributed by atoms with Gasteiger partial charge in [0, 0.05) is 21.7 Å². The lowest BCUT2D eigenvalue weighted by molar-refractivity contribution is 1.02. The first-order valence-corrected chi connectivity index (χ1v) is 14.2. The molecule has 0 atom stereocenters. The molecule has 3 heterocycles. The topological polar surface area (TPSA) is 30.7 Å². The van der Waals surface area contributed by atoms with Crippen molar-refractivity contribution in [2.75, 3.05) is 0 Å². The monoisotopic (exact) mass is 529 g/mol. The number of aromatic nitrogens is 3. The Balaban J connectivity index is 1.42. The molecule has 0 spiro atoms. The third kappa shape index (κ3) is 3.73. The SMILES string of the molecule is c1ccc(-c2cc(-c3ccccc3)cc(-c3nc(-n4c5ccccc5c5ccccc54)nc4sccc34)c2)cc1. The van der Waals surface area contributed by atoms with E-state index in [1.54, 1.807) is 11.3 Å². The second-order valence-electron chi connectivity index (χ2n) is 9.91. The minimum atomic E-state index is 0.689. The van der Waals surface area contributed by atoms with Crippen molar-refractivity contribution in [1.29, 1.82) is 0 Å². The van der Waals surface area contributed by atoms with Crippen LogP contribution < -0.4 is 0 Å². The highest BCUT2D eigenvalue weighted by molar-refractivity contribution is 7.16. The molecule has 0 saturated heterocycles. The van der Waals surface area contributed by atoms with Crippen LogP contribution in [-0.4, -0.2) is 14.5 Å². The van der Waals surface area contributed by atoms with Crippen LogP contribution in [0.2, 0.25) is 0 Å². The summed E-state index contributed by atoms with van der Waals surface area (Å²) in [4.78, 5) is 11.4. The maximum Gasteiger partial charge on any atom is 0.236 e. The molecule has 5 aromatic carbocycles. The van der Waals surface area contributed by atoms with Gasteiger partial charge in [-0.3, -0.25) is 4.57 Å². The average Bonchev–Trinajstić information content (AvgIpc) is 3.64. The van der Waals surface area contributed by atoms with Gasteiger partial charge < -0.3 is 0 Å². The van der Waals surface area contributed by atoms with Crippen molar-refractivity contribution in [1.82, 2.24) is 14.5 Å². The van der Waals surface area contributed by atoms with Crippen LogP contribution in [0.1, 0.15) is 0 Å². The van der Waals surface area contributed by atoms with Gasteiger partial charge in [0.2, 0.25) is 5.95 Å². The van der Waals surface area contributed by atoms with Crippen molar-refractivity contribution >= 4 is 43.4 Å². The van der Waals surface area contributed by atoms with Gasteiger partial charge in [-0.2, -0.15) is 0 Å². The summed E-state index contributed by atoms with van der Waals surface area (Å²) in [7, 11) is 0.